The van der Waals surface area contributed by atoms with Crippen LogP contribution in [0.4, 0.5) is 0 Å². The third-order valence-electron chi connectivity index (χ3n) is 2.59. The number of rotatable bonds is 4. The minimum Gasteiger partial charge on any atom is -0.492 e. The molecule has 0 amide bonds. The van der Waals surface area contributed by atoms with E-state index in [1.165, 1.54) is 5.56 Å². The maximum absolute atomic E-state index is 5.69. The van der Waals surface area contributed by atoms with Crippen molar-refractivity contribution in [2.24, 2.45) is 0 Å². The van der Waals surface area contributed by atoms with E-state index in [4.69, 9.17) is 14.2 Å². The molecule has 94 valence electrons. The maximum atomic E-state index is 5.69. The van der Waals surface area contributed by atoms with Crippen LogP contribution in [0.2, 0.25) is 0 Å². The number of aryl methyl sites for hydroxylation is 1. The third kappa shape index (κ3) is 3.98. The van der Waals surface area contributed by atoms with E-state index in [-0.39, 0.29) is 6.29 Å². The normalized spacial score (nSPS) is 17.1. The number of benzene rings is 1. The molecule has 0 atom stereocenters. The van der Waals surface area contributed by atoms with Gasteiger partial charge in [0.15, 0.2) is 6.29 Å². The summed E-state index contributed by atoms with van der Waals surface area (Å²) in [6.07, 6.45) is 1.65. The first kappa shape index (κ1) is 12.9. The molecule has 0 bridgehead atoms. The second kappa shape index (κ2) is 6.38. The highest BCUT2D eigenvalue weighted by Crippen LogP contribution is 2.26. The Labute approximate surface area is 110 Å². The largest absolute Gasteiger partial charge is 0.492 e. The molecule has 1 aromatic rings. The van der Waals surface area contributed by atoms with Crippen molar-refractivity contribution in [2.45, 2.75) is 26.1 Å². The molecule has 17 heavy (non-hydrogen) atoms. The Morgan fingerprint density at radius 3 is 2.82 bits per heavy atom. The van der Waals surface area contributed by atoms with Gasteiger partial charge in [-0.15, -0.1) is 0 Å². The molecular weight excluding hydrogens is 284 g/mol. The Morgan fingerprint density at radius 2 is 2.12 bits per heavy atom. The van der Waals surface area contributed by atoms with E-state index in [0.717, 1.165) is 36.3 Å². The second-order valence-corrected chi connectivity index (χ2v) is 4.95. The van der Waals surface area contributed by atoms with Crippen molar-refractivity contribution in [3.8, 4) is 5.75 Å². The molecule has 0 N–H and O–H groups in total. The Hall–Kier alpha value is -0.580. The third-order valence-corrected chi connectivity index (χ3v) is 3.21. The van der Waals surface area contributed by atoms with E-state index in [2.05, 4.69) is 22.9 Å². The van der Waals surface area contributed by atoms with Gasteiger partial charge in [-0.2, -0.15) is 0 Å². The van der Waals surface area contributed by atoms with Crippen LogP contribution in [0.5, 0.6) is 5.75 Å². The number of halogens is 1. The van der Waals surface area contributed by atoms with Crippen molar-refractivity contribution in [1.29, 1.82) is 0 Å². The molecule has 4 heteroatoms. The molecule has 1 aromatic carbocycles. The standard InChI is InChI=1S/C13H17BrO3/c1-10-3-4-12(11(14)9-10)15-8-5-13-16-6-2-7-17-13/h3-4,9,13H,2,5-8H2,1H3. The van der Waals surface area contributed by atoms with Crippen molar-refractivity contribution >= 4 is 15.9 Å². The molecule has 1 aliphatic rings. The van der Waals surface area contributed by atoms with Gasteiger partial charge in [0.1, 0.15) is 5.75 Å². The summed E-state index contributed by atoms with van der Waals surface area (Å²) in [5.41, 5.74) is 1.21. The van der Waals surface area contributed by atoms with Crippen molar-refractivity contribution in [1.82, 2.24) is 0 Å². The minimum atomic E-state index is -0.104. The van der Waals surface area contributed by atoms with Gasteiger partial charge in [0, 0.05) is 6.42 Å². The van der Waals surface area contributed by atoms with Crippen LogP contribution in [0.25, 0.3) is 0 Å². The lowest BCUT2D eigenvalue weighted by atomic mass is 10.2. The summed E-state index contributed by atoms with van der Waals surface area (Å²) in [6, 6.07) is 6.05. The van der Waals surface area contributed by atoms with Crippen LogP contribution in [-0.4, -0.2) is 26.1 Å². The first-order valence-electron chi connectivity index (χ1n) is 5.88. The average Bonchev–Trinajstić information content (AvgIpc) is 2.33. The molecule has 0 aromatic heterocycles. The molecule has 0 radical (unpaired) electrons. The molecule has 2 rings (SSSR count). The Balaban J connectivity index is 1.77. The number of ether oxygens (including phenoxy) is 3. The summed E-state index contributed by atoms with van der Waals surface area (Å²) >= 11 is 3.49. The minimum absolute atomic E-state index is 0.104. The SMILES string of the molecule is Cc1ccc(OCCC2OCCCO2)c(Br)c1. The first-order chi connectivity index (χ1) is 8.25. The number of hydrogen-bond acceptors (Lipinski definition) is 3. The molecule has 1 heterocycles. The van der Waals surface area contributed by atoms with E-state index in [1.807, 2.05) is 18.2 Å². The molecule has 0 unspecified atom stereocenters. The van der Waals surface area contributed by atoms with Crippen molar-refractivity contribution in [3.05, 3.63) is 28.2 Å². The fourth-order valence-corrected chi connectivity index (χ4v) is 2.30. The monoisotopic (exact) mass is 300 g/mol. The first-order valence-corrected chi connectivity index (χ1v) is 6.67. The maximum Gasteiger partial charge on any atom is 0.160 e. The zero-order valence-electron chi connectivity index (χ0n) is 9.95. The Bertz CT molecular complexity index is 362. The molecule has 0 aliphatic carbocycles. The molecule has 0 saturated carbocycles. The molecule has 1 fully saturated rings. The smallest absolute Gasteiger partial charge is 0.160 e. The summed E-state index contributed by atoms with van der Waals surface area (Å²) < 4.78 is 17.6. The van der Waals surface area contributed by atoms with Crippen molar-refractivity contribution in [2.75, 3.05) is 19.8 Å². The van der Waals surface area contributed by atoms with Crippen LogP contribution in [-0.2, 0) is 9.47 Å². The summed E-state index contributed by atoms with van der Waals surface area (Å²) in [6.45, 7) is 4.24. The fourth-order valence-electron chi connectivity index (χ4n) is 1.69. The van der Waals surface area contributed by atoms with Gasteiger partial charge in [0.25, 0.3) is 0 Å². The van der Waals surface area contributed by atoms with Gasteiger partial charge in [0.05, 0.1) is 24.3 Å². The summed E-state index contributed by atoms with van der Waals surface area (Å²) in [4.78, 5) is 0. The lowest BCUT2D eigenvalue weighted by molar-refractivity contribution is -0.183. The lowest BCUT2D eigenvalue weighted by Gasteiger charge is -2.23. The van der Waals surface area contributed by atoms with Gasteiger partial charge in [-0.1, -0.05) is 6.07 Å². The predicted octanol–water partition coefficient (Wildman–Crippen LogP) is 3.29. The van der Waals surface area contributed by atoms with Gasteiger partial charge >= 0.3 is 0 Å². The van der Waals surface area contributed by atoms with Crippen LogP contribution < -0.4 is 4.74 Å². The average molecular weight is 301 g/mol. The molecule has 3 nitrogen and oxygen atoms in total. The zero-order chi connectivity index (χ0) is 12.1. The lowest BCUT2D eigenvalue weighted by Crippen LogP contribution is -2.26. The van der Waals surface area contributed by atoms with Crippen molar-refractivity contribution in [3.63, 3.8) is 0 Å². The van der Waals surface area contributed by atoms with E-state index in [1.54, 1.807) is 0 Å². The topological polar surface area (TPSA) is 27.7 Å². The molecular formula is C13H17BrO3. The zero-order valence-corrected chi connectivity index (χ0v) is 11.5. The van der Waals surface area contributed by atoms with Crippen LogP contribution in [0.15, 0.2) is 22.7 Å². The summed E-state index contributed by atoms with van der Waals surface area (Å²) in [7, 11) is 0. The highest BCUT2D eigenvalue weighted by Gasteiger charge is 2.14. The van der Waals surface area contributed by atoms with E-state index in [0.29, 0.717) is 6.61 Å². The highest BCUT2D eigenvalue weighted by molar-refractivity contribution is 9.10. The van der Waals surface area contributed by atoms with Gasteiger partial charge < -0.3 is 14.2 Å². The van der Waals surface area contributed by atoms with E-state index in [9.17, 15) is 0 Å². The molecule has 0 spiro atoms. The van der Waals surface area contributed by atoms with Crippen LogP contribution in [0.3, 0.4) is 0 Å². The van der Waals surface area contributed by atoms with Gasteiger partial charge in [-0.25, -0.2) is 0 Å². The van der Waals surface area contributed by atoms with Gasteiger partial charge in [0.2, 0.25) is 0 Å². The van der Waals surface area contributed by atoms with Gasteiger partial charge in [-0.05, 0) is 47.0 Å². The van der Waals surface area contributed by atoms with E-state index >= 15 is 0 Å². The van der Waals surface area contributed by atoms with Crippen LogP contribution in [0, 0.1) is 6.92 Å². The van der Waals surface area contributed by atoms with Crippen molar-refractivity contribution < 1.29 is 14.2 Å². The predicted molar refractivity (Wildman–Crippen MR) is 69.3 cm³/mol. The molecule has 1 aliphatic heterocycles. The summed E-state index contributed by atoms with van der Waals surface area (Å²) in [5, 5.41) is 0. The van der Waals surface area contributed by atoms with Gasteiger partial charge in [-0.3, -0.25) is 0 Å². The Morgan fingerprint density at radius 1 is 1.35 bits per heavy atom. The summed E-state index contributed by atoms with van der Waals surface area (Å²) in [5.74, 6) is 0.867. The quantitative estimate of drug-likeness (QED) is 0.854. The molecule has 1 saturated heterocycles. The Kier molecular flexibility index (Phi) is 4.83. The van der Waals surface area contributed by atoms with E-state index < -0.39 is 0 Å². The highest BCUT2D eigenvalue weighted by atomic mass is 79.9. The second-order valence-electron chi connectivity index (χ2n) is 4.10. The van der Waals surface area contributed by atoms with Crippen LogP contribution >= 0.6 is 15.9 Å². The fraction of sp³-hybridized carbons (Fsp3) is 0.538. The number of hydrogen-bond donors (Lipinski definition) is 0. The van der Waals surface area contributed by atoms with Crippen LogP contribution in [0.1, 0.15) is 18.4 Å².